The molecule has 0 atom stereocenters. The Hall–Kier alpha value is -1.56. The molecular formula is C17H22F3NO2. The van der Waals surface area contributed by atoms with E-state index in [1.54, 1.807) is 6.07 Å². The molecule has 128 valence electrons. The molecule has 0 radical (unpaired) electrons. The summed E-state index contributed by atoms with van der Waals surface area (Å²) in [5, 5.41) is 9.18. The molecule has 0 unspecified atom stereocenters. The van der Waals surface area contributed by atoms with E-state index in [4.69, 9.17) is 0 Å². The maximum atomic E-state index is 13.6. The molecule has 1 aliphatic rings. The van der Waals surface area contributed by atoms with Crippen LogP contribution in [0.2, 0.25) is 0 Å². The van der Waals surface area contributed by atoms with E-state index in [9.17, 15) is 23.1 Å². The number of aliphatic hydroxyl groups is 1. The monoisotopic (exact) mass is 329 g/mol. The Balaban J connectivity index is 2.84. The standard InChI is InChI=1S/C17H22F3NO2/c1-15(2,3)10-8-11(17(18,19)20)13-12(9-10)21(6-7-22)14(23)16(13,4)5/h8-9,22H,6-7H2,1-5H3. The molecule has 1 aromatic carbocycles. The lowest BCUT2D eigenvalue weighted by Crippen LogP contribution is -2.38. The maximum Gasteiger partial charge on any atom is 0.416 e. The number of hydrogen-bond acceptors (Lipinski definition) is 2. The molecule has 0 fully saturated rings. The van der Waals surface area contributed by atoms with E-state index in [1.165, 1.54) is 18.7 Å². The number of carbonyl (C=O) groups excluding carboxylic acids is 1. The summed E-state index contributed by atoms with van der Waals surface area (Å²) in [6, 6.07) is 2.79. The highest BCUT2D eigenvalue weighted by molar-refractivity contribution is 6.08. The van der Waals surface area contributed by atoms with E-state index < -0.39 is 28.5 Å². The Morgan fingerprint density at radius 1 is 1.17 bits per heavy atom. The van der Waals surface area contributed by atoms with Crippen LogP contribution in [0.5, 0.6) is 0 Å². The number of amides is 1. The van der Waals surface area contributed by atoms with Crippen LogP contribution in [0.25, 0.3) is 0 Å². The Kier molecular flexibility index (Phi) is 4.04. The first-order valence-corrected chi connectivity index (χ1v) is 7.51. The first-order chi connectivity index (χ1) is 10.3. The van der Waals surface area contributed by atoms with Gasteiger partial charge in [-0.2, -0.15) is 13.2 Å². The van der Waals surface area contributed by atoms with Gasteiger partial charge in [0, 0.05) is 17.8 Å². The van der Waals surface area contributed by atoms with E-state index >= 15 is 0 Å². The van der Waals surface area contributed by atoms with E-state index in [1.807, 2.05) is 20.8 Å². The summed E-state index contributed by atoms with van der Waals surface area (Å²) in [5.74, 6) is -0.418. The maximum absolute atomic E-state index is 13.6. The smallest absolute Gasteiger partial charge is 0.395 e. The molecule has 1 aliphatic heterocycles. The summed E-state index contributed by atoms with van der Waals surface area (Å²) in [6.45, 7) is 8.16. The van der Waals surface area contributed by atoms with Gasteiger partial charge in [-0.3, -0.25) is 4.79 Å². The van der Waals surface area contributed by atoms with Gasteiger partial charge in [-0.25, -0.2) is 0 Å². The predicted octanol–water partition coefficient (Wildman–Crippen LogP) is 3.62. The molecule has 1 amide bonds. The van der Waals surface area contributed by atoms with Crippen LogP contribution in [0.1, 0.15) is 51.3 Å². The van der Waals surface area contributed by atoms with Crippen molar-refractivity contribution in [3.63, 3.8) is 0 Å². The van der Waals surface area contributed by atoms with Crippen LogP contribution in [-0.4, -0.2) is 24.2 Å². The van der Waals surface area contributed by atoms with E-state index in [2.05, 4.69) is 0 Å². The summed E-state index contributed by atoms with van der Waals surface area (Å²) in [6.07, 6.45) is -4.54. The van der Waals surface area contributed by atoms with Gasteiger partial charge in [-0.15, -0.1) is 0 Å². The van der Waals surface area contributed by atoms with Gasteiger partial charge in [-0.05, 0) is 37.0 Å². The fourth-order valence-electron chi connectivity index (χ4n) is 3.03. The summed E-state index contributed by atoms with van der Waals surface area (Å²) in [4.78, 5) is 13.8. The summed E-state index contributed by atoms with van der Waals surface area (Å²) < 4.78 is 40.8. The van der Waals surface area contributed by atoms with E-state index in [-0.39, 0.29) is 24.4 Å². The SMILES string of the molecule is CC(C)(C)c1cc2c(c(C(F)(F)F)c1)C(C)(C)C(=O)N2CCO. The van der Waals surface area contributed by atoms with Crippen LogP contribution < -0.4 is 4.90 Å². The first kappa shape index (κ1) is 17.8. The van der Waals surface area contributed by atoms with Crippen molar-refractivity contribution in [3.8, 4) is 0 Å². The Morgan fingerprint density at radius 2 is 1.74 bits per heavy atom. The highest BCUT2D eigenvalue weighted by atomic mass is 19.4. The van der Waals surface area contributed by atoms with Gasteiger partial charge in [-0.1, -0.05) is 20.8 Å². The van der Waals surface area contributed by atoms with Gasteiger partial charge in [0.15, 0.2) is 0 Å². The van der Waals surface area contributed by atoms with Gasteiger partial charge in [0.05, 0.1) is 17.6 Å². The van der Waals surface area contributed by atoms with Gasteiger partial charge < -0.3 is 10.0 Å². The lowest BCUT2D eigenvalue weighted by molar-refractivity contribution is -0.138. The number of benzene rings is 1. The molecule has 1 aromatic rings. The molecule has 6 heteroatoms. The summed E-state index contributed by atoms with van der Waals surface area (Å²) in [5.41, 5.74) is -1.76. The van der Waals surface area contributed by atoms with Crippen molar-refractivity contribution < 1.29 is 23.1 Å². The van der Waals surface area contributed by atoms with Crippen LogP contribution in [0, 0.1) is 0 Å². The number of hydrogen-bond donors (Lipinski definition) is 1. The molecule has 23 heavy (non-hydrogen) atoms. The van der Waals surface area contributed by atoms with Crippen molar-refractivity contribution in [2.45, 2.75) is 51.6 Å². The van der Waals surface area contributed by atoms with Crippen LogP contribution >= 0.6 is 0 Å². The number of rotatable bonds is 2. The fourth-order valence-corrected chi connectivity index (χ4v) is 3.03. The van der Waals surface area contributed by atoms with Crippen molar-refractivity contribution >= 4 is 11.6 Å². The zero-order valence-corrected chi connectivity index (χ0v) is 14.0. The number of anilines is 1. The Bertz CT molecular complexity index is 642. The topological polar surface area (TPSA) is 40.5 Å². The molecule has 2 rings (SSSR count). The third-order valence-corrected chi connectivity index (χ3v) is 4.31. The fraction of sp³-hybridized carbons (Fsp3) is 0.588. The van der Waals surface area contributed by atoms with Gasteiger partial charge in [0.1, 0.15) is 0 Å². The highest BCUT2D eigenvalue weighted by Crippen LogP contribution is 2.49. The number of nitrogens with zero attached hydrogens (tertiary/aromatic N) is 1. The van der Waals surface area contributed by atoms with Crippen molar-refractivity contribution in [1.29, 1.82) is 0 Å². The number of β-amino-alcohol motifs (C(OH)–C–C–N with tert-alkyl or cyclic N) is 1. The zero-order chi connectivity index (χ0) is 17.8. The average Bonchev–Trinajstić information content (AvgIpc) is 2.57. The Labute approximate surface area is 134 Å². The second-order valence-electron chi connectivity index (χ2n) is 7.47. The van der Waals surface area contributed by atoms with Crippen LogP contribution in [0.4, 0.5) is 18.9 Å². The minimum absolute atomic E-state index is 0.00329. The number of carbonyl (C=O) groups is 1. The second kappa shape index (κ2) is 5.23. The van der Waals surface area contributed by atoms with Crippen molar-refractivity contribution in [3.05, 3.63) is 28.8 Å². The quantitative estimate of drug-likeness (QED) is 0.900. The number of fused-ring (bicyclic) bond motifs is 1. The summed E-state index contributed by atoms with van der Waals surface area (Å²) >= 11 is 0. The molecule has 0 spiro atoms. The molecule has 0 saturated carbocycles. The van der Waals surface area contributed by atoms with Crippen LogP contribution in [0.15, 0.2) is 12.1 Å². The molecule has 1 heterocycles. The minimum atomic E-state index is -4.54. The lowest BCUT2D eigenvalue weighted by atomic mass is 9.79. The Morgan fingerprint density at radius 3 is 2.17 bits per heavy atom. The van der Waals surface area contributed by atoms with Gasteiger partial charge >= 0.3 is 6.18 Å². The second-order valence-corrected chi connectivity index (χ2v) is 7.47. The van der Waals surface area contributed by atoms with Crippen molar-refractivity contribution in [2.24, 2.45) is 0 Å². The van der Waals surface area contributed by atoms with Gasteiger partial charge in [0.2, 0.25) is 5.91 Å². The molecular weight excluding hydrogens is 307 g/mol. The molecule has 0 bridgehead atoms. The van der Waals surface area contributed by atoms with E-state index in [0.717, 1.165) is 6.07 Å². The third kappa shape index (κ3) is 2.84. The molecule has 0 saturated heterocycles. The van der Waals surface area contributed by atoms with Crippen molar-refractivity contribution in [2.75, 3.05) is 18.1 Å². The zero-order valence-electron chi connectivity index (χ0n) is 14.0. The van der Waals surface area contributed by atoms with Crippen molar-refractivity contribution in [1.82, 2.24) is 0 Å². The largest absolute Gasteiger partial charge is 0.416 e. The number of aliphatic hydroxyl groups excluding tert-OH is 1. The number of halogens is 3. The molecule has 0 aliphatic carbocycles. The van der Waals surface area contributed by atoms with E-state index in [0.29, 0.717) is 5.56 Å². The predicted molar refractivity (Wildman–Crippen MR) is 82.6 cm³/mol. The minimum Gasteiger partial charge on any atom is -0.395 e. The molecule has 1 N–H and O–H groups in total. The highest BCUT2D eigenvalue weighted by Gasteiger charge is 2.50. The average molecular weight is 329 g/mol. The third-order valence-electron chi connectivity index (χ3n) is 4.31. The normalized spacial score (nSPS) is 17.6. The lowest BCUT2D eigenvalue weighted by Gasteiger charge is -2.25. The first-order valence-electron chi connectivity index (χ1n) is 7.51. The van der Waals surface area contributed by atoms with Crippen LogP contribution in [0.3, 0.4) is 0 Å². The molecule has 3 nitrogen and oxygen atoms in total. The molecule has 0 aromatic heterocycles. The van der Waals surface area contributed by atoms with Gasteiger partial charge in [0.25, 0.3) is 0 Å². The summed E-state index contributed by atoms with van der Waals surface area (Å²) in [7, 11) is 0. The number of alkyl halides is 3. The van der Waals surface area contributed by atoms with Crippen LogP contribution in [-0.2, 0) is 21.8 Å².